The minimum Gasteiger partial charge on any atom is -0.325 e. The van der Waals surface area contributed by atoms with Crippen molar-refractivity contribution >= 4 is 11.6 Å². The van der Waals surface area contributed by atoms with Gasteiger partial charge < -0.3 is 10.6 Å². The summed E-state index contributed by atoms with van der Waals surface area (Å²) < 4.78 is 0. The Labute approximate surface area is 146 Å². The average molecular weight is 341 g/mol. The van der Waals surface area contributed by atoms with Gasteiger partial charge in [-0.05, 0) is 73.6 Å². The van der Waals surface area contributed by atoms with E-state index >= 15 is 0 Å². The molecule has 3 N–H and O–H groups in total. The van der Waals surface area contributed by atoms with Crippen LogP contribution in [0.4, 0.5) is 5.69 Å². The maximum atomic E-state index is 12.7. The van der Waals surface area contributed by atoms with Gasteiger partial charge in [0.2, 0.25) is 5.91 Å². The number of likely N-dealkylation sites (tertiary alicyclic amines) is 1. The number of benzene rings is 1. The number of aromatic amines is 1. The van der Waals surface area contributed by atoms with Crippen molar-refractivity contribution in [1.29, 1.82) is 0 Å². The third-order valence-electron chi connectivity index (χ3n) is 5.10. The van der Waals surface area contributed by atoms with E-state index in [0.717, 1.165) is 37.3 Å². The average Bonchev–Trinajstić information content (AvgIpc) is 3.35. The van der Waals surface area contributed by atoms with Gasteiger partial charge in [-0.3, -0.25) is 9.69 Å². The smallest absolute Gasteiger partial charge is 0.243 e. The molecule has 3 heterocycles. The molecule has 0 saturated carbocycles. The Morgan fingerprint density at radius 3 is 2.68 bits per heavy atom. The standard InChI is InChI=1S/C17H23N7O/c25-17(15-14(8-9-18-15)24-10-2-1-3-11-24)19-13-6-4-12(5-7-13)16-20-22-23-21-16/h4-7,14-15,18H,1-3,8-11H2,(H,19,25)(H,20,21,22,23)/t14-,15+/m1/s1. The summed E-state index contributed by atoms with van der Waals surface area (Å²) in [6.07, 6.45) is 4.82. The first kappa shape index (κ1) is 16.2. The molecule has 4 rings (SSSR count). The van der Waals surface area contributed by atoms with Crippen LogP contribution in [-0.2, 0) is 4.79 Å². The number of hydrogen-bond acceptors (Lipinski definition) is 6. The minimum absolute atomic E-state index is 0.0437. The summed E-state index contributed by atoms with van der Waals surface area (Å²) in [7, 11) is 0. The Balaban J connectivity index is 1.40. The molecule has 8 nitrogen and oxygen atoms in total. The number of rotatable bonds is 4. The molecule has 0 radical (unpaired) electrons. The molecule has 0 aliphatic carbocycles. The fourth-order valence-electron chi connectivity index (χ4n) is 3.81. The summed E-state index contributed by atoms with van der Waals surface area (Å²) in [5.41, 5.74) is 1.67. The van der Waals surface area contributed by atoms with E-state index in [9.17, 15) is 4.79 Å². The maximum absolute atomic E-state index is 12.7. The predicted molar refractivity (Wildman–Crippen MR) is 93.9 cm³/mol. The quantitative estimate of drug-likeness (QED) is 0.768. The van der Waals surface area contributed by atoms with Gasteiger partial charge in [0.1, 0.15) is 6.04 Å². The van der Waals surface area contributed by atoms with Gasteiger partial charge in [0.05, 0.1) is 0 Å². The SMILES string of the molecule is O=C(Nc1ccc(-c2nnn[nH]2)cc1)[C@H]1NCC[C@H]1N1CCCCC1. The molecule has 25 heavy (non-hydrogen) atoms. The highest BCUT2D eigenvalue weighted by Gasteiger charge is 2.36. The molecule has 1 aromatic carbocycles. The Morgan fingerprint density at radius 1 is 1.16 bits per heavy atom. The highest BCUT2D eigenvalue weighted by Crippen LogP contribution is 2.22. The highest BCUT2D eigenvalue weighted by molar-refractivity contribution is 5.95. The van der Waals surface area contributed by atoms with E-state index in [4.69, 9.17) is 0 Å². The number of carbonyl (C=O) groups is 1. The van der Waals surface area contributed by atoms with Gasteiger partial charge in [-0.25, -0.2) is 5.10 Å². The van der Waals surface area contributed by atoms with Crippen LogP contribution in [0, 0.1) is 0 Å². The normalized spacial score (nSPS) is 24.3. The van der Waals surface area contributed by atoms with E-state index in [-0.39, 0.29) is 11.9 Å². The summed E-state index contributed by atoms with van der Waals surface area (Å²) in [5.74, 6) is 0.655. The minimum atomic E-state index is -0.142. The topological polar surface area (TPSA) is 98.8 Å². The van der Waals surface area contributed by atoms with Crippen LogP contribution in [0.1, 0.15) is 25.7 Å². The number of nitrogens with one attached hydrogen (secondary N) is 3. The lowest BCUT2D eigenvalue weighted by molar-refractivity contribution is -0.119. The zero-order chi connectivity index (χ0) is 17.1. The number of tetrazole rings is 1. The second kappa shape index (κ2) is 7.28. The summed E-state index contributed by atoms with van der Waals surface area (Å²) in [6, 6.07) is 7.70. The number of amides is 1. The third-order valence-corrected chi connectivity index (χ3v) is 5.10. The lowest BCUT2D eigenvalue weighted by Crippen LogP contribution is -2.51. The first-order valence-corrected chi connectivity index (χ1v) is 8.94. The van der Waals surface area contributed by atoms with E-state index in [1.807, 2.05) is 24.3 Å². The van der Waals surface area contributed by atoms with E-state index in [1.54, 1.807) is 0 Å². The van der Waals surface area contributed by atoms with Crippen molar-refractivity contribution in [3.63, 3.8) is 0 Å². The largest absolute Gasteiger partial charge is 0.325 e. The summed E-state index contributed by atoms with van der Waals surface area (Å²) in [4.78, 5) is 15.2. The molecule has 0 unspecified atom stereocenters. The van der Waals surface area contributed by atoms with Gasteiger partial charge in [-0.15, -0.1) is 5.10 Å². The van der Waals surface area contributed by atoms with E-state index < -0.39 is 0 Å². The molecule has 8 heteroatoms. The number of piperidine rings is 1. The van der Waals surface area contributed by atoms with Crippen LogP contribution in [0.2, 0.25) is 0 Å². The second-order valence-electron chi connectivity index (χ2n) is 6.70. The van der Waals surface area contributed by atoms with Crippen LogP contribution in [-0.4, -0.2) is 63.1 Å². The van der Waals surface area contributed by atoms with Gasteiger partial charge in [-0.1, -0.05) is 6.42 Å². The van der Waals surface area contributed by atoms with Crippen molar-refractivity contribution in [3.8, 4) is 11.4 Å². The molecular weight excluding hydrogens is 318 g/mol. The van der Waals surface area contributed by atoms with Crippen molar-refractivity contribution in [2.24, 2.45) is 0 Å². The lowest BCUT2D eigenvalue weighted by atomic mass is 10.0. The maximum Gasteiger partial charge on any atom is 0.243 e. The van der Waals surface area contributed by atoms with Crippen LogP contribution in [0.3, 0.4) is 0 Å². The second-order valence-corrected chi connectivity index (χ2v) is 6.70. The van der Waals surface area contributed by atoms with Gasteiger partial charge in [0.25, 0.3) is 0 Å². The zero-order valence-electron chi connectivity index (χ0n) is 14.1. The lowest BCUT2D eigenvalue weighted by Gasteiger charge is -2.34. The van der Waals surface area contributed by atoms with Crippen molar-refractivity contribution in [2.75, 3.05) is 25.0 Å². The number of H-pyrrole nitrogens is 1. The Bertz CT molecular complexity index is 694. The van der Waals surface area contributed by atoms with Crippen molar-refractivity contribution in [2.45, 2.75) is 37.8 Å². The van der Waals surface area contributed by atoms with Gasteiger partial charge in [0, 0.05) is 17.3 Å². The summed E-state index contributed by atoms with van der Waals surface area (Å²) >= 11 is 0. The Hall–Kier alpha value is -2.32. The molecular formula is C17H23N7O. The zero-order valence-corrected chi connectivity index (χ0v) is 14.1. The molecule has 2 saturated heterocycles. The number of hydrogen-bond donors (Lipinski definition) is 3. The molecule has 2 aromatic rings. The Morgan fingerprint density at radius 2 is 1.96 bits per heavy atom. The van der Waals surface area contributed by atoms with Gasteiger partial charge in [0.15, 0.2) is 5.82 Å². The number of anilines is 1. The van der Waals surface area contributed by atoms with E-state index in [1.165, 1.54) is 19.3 Å². The molecule has 1 amide bonds. The van der Waals surface area contributed by atoms with Gasteiger partial charge in [-0.2, -0.15) is 0 Å². The monoisotopic (exact) mass is 341 g/mol. The van der Waals surface area contributed by atoms with Crippen LogP contribution in [0.5, 0.6) is 0 Å². The summed E-state index contributed by atoms with van der Waals surface area (Å²) in [5, 5.41) is 20.2. The molecule has 0 spiro atoms. The fraction of sp³-hybridized carbons (Fsp3) is 0.529. The van der Waals surface area contributed by atoms with Crippen LogP contribution in [0.15, 0.2) is 24.3 Å². The highest BCUT2D eigenvalue weighted by atomic mass is 16.2. The molecule has 0 bridgehead atoms. The van der Waals surface area contributed by atoms with Crippen molar-refractivity contribution < 1.29 is 4.79 Å². The first-order valence-electron chi connectivity index (χ1n) is 8.94. The van der Waals surface area contributed by atoms with E-state index in [0.29, 0.717) is 11.9 Å². The Kier molecular flexibility index (Phi) is 4.71. The molecule has 1 aromatic heterocycles. The van der Waals surface area contributed by atoms with Crippen LogP contribution >= 0.6 is 0 Å². The van der Waals surface area contributed by atoms with Crippen molar-refractivity contribution in [1.82, 2.24) is 30.8 Å². The molecule has 2 aliphatic heterocycles. The molecule has 2 atom stereocenters. The van der Waals surface area contributed by atoms with Crippen LogP contribution in [0.25, 0.3) is 11.4 Å². The van der Waals surface area contributed by atoms with Gasteiger partial charge >= 0.3 is 0 Å². The predicted octanol–water partition coefficient (Wildman–Crippen LogP) is 1.02. The number of nitrogens with zero attached hydrogens (tertiary/aromatic N) is 4. The van der Waals surface area contributed by atoms with E-state index in [2.05, 4.69) is 36.2 Å². The fourth-order valence-corrected chi connectivity index (χ4v) is 3.81. The number of carbonyl (C=O) groups excluding carboxylic acids is 1. The first-order chi connectivity index (χ1) is 12.3. The molecule has 2 fully saturated rings. The molecule has 132 valence electrons. The third kappa shape index (κ3) is 3.54. The summed E-state index contributed by atoms with van der Waals surface area (Å²) in [6.45, 7) is 3.11. The van der Waals surface area contributed by atoms with Crippen molar-refractivity contribution in [3.05, 3.63) is 24.3 Å². The number of aromatic nitrogens is 4. The molecule has 2 aliphatic rings. The van der Waals surface area contributed by atoms with Crippen LogP contribution < -0.4 is 10.6 Å².